The molecule has 0 fully saturated rings. The van der Waals surface area contributed by atoms with E-state index in [9.17, 15) is 9.59 Å². The number of halogens is 1. The second-order valence-corrected chi connectivity index (χ2v) is 5.41. The maximum Gasteiger partial charge on any atom is 0.233 e. The summed E-state index contributed by atoms with van der Waals surface area (Å²) in [5.41, 5.74) is 1.66. The Morgan fingerprint density at radius 1 is 0.952 bits per heavy atom. The van der Waals surface area contributed by atoms with Crippen molar-refractivity contribution >= 4 is 33.4 Å². The number of benzene rings is 2. The summed E-state index contributed by atoms with van der Waals surface area (Å²) >= 11 is 3.32. The van der Waals surface area contributed by atoms with Crippen molar-refractivity contribution in [3.05, 3.63) is 64.6 Å². The predicted molar refractivity (Wildman–Crippen MR) is 85.7 cm³/mol. The van der Waals surface area contributed by atoms with Crippen molar-refractivity contribution in [1.29, 1.82) is 0 Å². The SMILES string of the molecule is O=C(CC(=O)Nc1cccc(Br)c1)NCc1ccccc1. The quantitative estimate of drug-likeness (QED) is 0.817. The molecule has 0 unspecified atom stereocenters. The van der Waals surface area contributed by atoms with Gasteiger partial charge in [-0.3, -0.25) is 9.59 Å². The Balaban J connectivity index is 1.78. The third-order valence-electron chi connectivity index (χ3n) is 2.76. The molecule has 0 saturated carbocycles. The van der Waals surface area contributed by atoms with Crippen molar-refractivity contribution in [3.63, 3.8) is 0 Å². The number of hydrogen-bond acceptors (Lipinski definition) is 2. The lowest BCUT2D eigenvalue weighted by Crippen LogP contribution is -2.27. The fourth-order valence-corrected chi connectivity index (χ4v) is 2.18. The summed E-state index contributed by atoms with van der Waals surface area (Å²) < 4.78 is 0.869. The van der Waals surface area contributed by atoms with Crippen LogP contribution in [0.2, 0.25) is 0 Å². The maximum atomic E-state index is 11.8. The number of carbonyl (C=O) groups excluding carboxylic acids is 2. The highest BCUT2D eigenvalue weighted by atomic mass is 79.9. The van der Waals surface area contributed by atoms with E-state index in [1.807, 2.05) is 42.5 Å². The average Bonchev–Trinajstić information content (AvgIpc) is 2.46. The first kappa shape index (κ1) is 15.3. The van der Waals surface area contributed by atoms with Crippen molar-refractivity contribution in [2.24, 2.45) is 0 Å². The van der Waals surface area contributed by atoms with Crippen LogP contribution < -0.4 is 10.6 Å². The molecule has 2 amide bonds. The molecule has 108 valence electrons. The number of nitrogens with one attached hydrogen (secondary N) is 2. The molecule has 21 heavy (non-hydrogen) atoms. The molecule has 0 aliphatic rings. The fraction of sp³-hybridized carbons (Fsp3) is 0.125. The first-order valence-electron chi connectivity index (χ1n) is 6.49. The van der Waals surface area contributed by atoms with E-state index in [0.717, 1.165) is 10.0 Å². The van der Waals surface area contributed by atoms with E-state index in [1.165, 1.54) is 0 Å². The molecular weight excluding hydrogens is 332 g/mol. The molecule has 0 aromatic heterocycles. The normalized spacial score (nSPS) is 9.95. The highest BCUT2D eigenvalue weighted by molar-refractivity contribution is 9.10. The predicted octanol–water partition coefficient (Wildman–Crippen LogP) is 3.09. The molecular formula is C16H15BrN2O2. The number of amides is 2. The van der Waals surface area contributed by atoms with E-state index < -0.39 is 0 Å². The van der Waals surface area contributed by atoms with Gasteiger partial charge in [0.1, 0.15) is 6.42 Å². The van der Waals surface area contributed by atoms with Crippen molar-refractivity contribution in [2.45, 2.75) is 13.0 Å². The van der Waals surface area contributed by atoms with E-state index in [1.54, 1.807) is 12.1 Å². The summed E-state index contributed by atoms with van der Waals surface area (Å²) in [6, 6.07) is 16.8. The first-order valence-corrected chi connectivity index (χ1v) is 7.29. The van der Waals surface area contributed by atoms with Gasteiger partial charge in [-0.05, 0) is 23.8 Å². The third-order valence-corrected chi connectivity index (χ3v) is 3.26. The lowest BCUT2D eigenvalue weighted by Gasteiger charge is -2.07. The Kier molecular flexibility index (Phi) is 5.51. The molecule has 0 spiro atoms. The van der Waals surface area contributed by atoms with Gasteiger partial charge in [-0.25, -0.2) is 0 Å². The molecule has 0 heterocycles. The summed E-state index contributed by atoms with van der Waals surface area (Å²) in [6.45, 7) is 0.420. The Bertz CT molecular complexity index is 629. The molecule has 0 atom stereocenters. The fourth-order valence-electron chi connectivity index (χ4n) is 1.78. The minimum atomic E-state index is -0.335. The van der Waals surface area contributed by atoms with E-state index in [2.05, 4.69) is 26.6 Å². The minimum Gasteiger partial charge on any atom is -0.352 e. The van der Waals surface area contributed by atoms with E-state index in [0.29, 0.717) is 12.2 Å². The van der Waals surface area contributed by atoms with Gasteiger partial charge >= 0.3 is 0 Å². The van der Waals surface area contributed by atoms with Crippen molar-refractivity contribution in [2.75, 3.05) is 5.32 Å². The second-order valence-electron chi connectivity index (χ2n) is 4.50. The summed E-state index contributed by atoms with van der Waals surface area (Å²) in [7, 11) is 0. The highest BCUT2D eigenvalue weighted by Gasteiger charge is 2.09. The zero-order chi connectivity index (χ0) is 15.1. The van der Waals surface area contributed by atoms with Gasteiger partial charge in [0.05, 0.1) is 0 Å². The summed E-state index contributed by atoms with van der Waals surface area (Å²) in [5, 5.41) is 5.40. The molecule has 2 aromatic rings. The first-order chi connectivity index (χ1) is 10.1. The maximum absolute atomic E-state index is 11.8. The van der Waals surface area contributed by atoms with Crippen LogP contribution in [0.15, 0.2) is 59.1 Å². The molecule has 2 N–H and O–H groups in total. The largest absolute Gasteiger partial charge is 0.352 e. The minimum absolute atomic E-state index is 0.195. The van der Waals surface area contributed by atoms with Crippen LogP contribution >= 0.6 is 15.9 Å². The average molecular weight is 347 g/mol. The van der Waals surface area contributed by atoms with Crippen LogP contribution in [0, 0.1) is 0 Å². The second kappa shape index (κ2) is 7.59. The summed E-state index contributed by atoms with van der Waals surface area (Å²) in [4.78, 5) is 23.5. The van der Waals surface area contributed by atoms with Crippen LogP contribution in [0.1, 0.15) is 12.0 Å². The topological polar surface area (TPSA) is 58.2 Å². The molecule has 0 aliphatic heterocycles. The van der Waals surface area contributed by atoms with Crippen molar-refractivity contribution < 1.29 is 9.59 Å². The van der Waals surface area contributed by atoms with Crippen LogP contribution in [0.3, 0.4) is 0 Å². The molecule has 0 saturated heterocycles. The Morgan fingerprint density at radius 2 is 1.71 bits per heavy atom. The molecule has 5 heteroatoms. The molecule has 2 aromatic carbocycles. The van der Waals surface area contributed by atoms with Gasteiger partial charge in [-0.15, -0.1) is 0 Å². The molecule has 0 aliphatic carbocycles. The Hall–Kier alpha value is -2.14. The molecule has 0 bridgehead atoms. The van der Waals surface area contributed by atoms with Crippen molar-refractivity contribution in [1.82, 2.24) is 5.32 Å². The highest BCUT2D eigenvalue weighted by Crippen LogP contribution is 2.15. The monoisotopic (exact) mass is 346 g/mol. The third kappa shape index (κ3) is 5.39. The smallest absolute Gasteiger partial charge is 0.233 e. The van der Waals surface area contributed by atoms with Gasteiger partial charge < -0.3 is 10.6 Å². The van der Waals surface area contributed by atoms with Crippen LogP contribution in [0.4, 0.5) is 5.69 Å². The Morgan fingerprint density at radius 3 is 2.43 bits per heavy atom. The lowest BCUT2D eigenvalue weighted by atomic mass is 10.2. The zero-order valence-corrected chi connectivity index (χ0v) is 12.9. The Labute approximate surface area is 131 Å². The van der Waals surface area contributed by atoms with Gasteiger partial charge in [0.15, 0.2) is 0 Å². The summed E-state index contributed by atoms with van der Waals surface area (Å²) in [6.07, 6.45) is -0.195. The van der Waals surface area contributed by atoms with Crippen LogP contribution in [-0.4, -0.2) is 11.8 Å². The van der Waals surface area contributed by atoms with Crippen molar-refractivity contribution in [3.8, 4) is 0 Å². The lowest BCUT2D eigenvalue weighted by molar-refractivity contribution is -0.126. The van der Waals surface area contributed by atoms with Gasteiger partial charge in [-0.1, -0.05) is 52.3 Å². The van der Waals surface area contributed by atoms with E-state index >= 15 is 0 Å². The number of carbonyl (C=O) groups is 2. The van der Waals surface area contributed by atoms with E-state index in [-0.39, 0.29) is 18.2 Å². The van der Waals surface area contributed by atoms with E-state index in [4.69, 9.17) is 0 Å². The summed E-state index contributed by atoms with van der Waals surface area (Å²) in [5.74, 6) is -0.634. The van der Waals surface area contributed by atoms with Gasteiger partial charge in [-0.2, -0.15) is 0 Å². The number of hydrogen-bond donors (Lipinski definition) is 2. The molecule has 4 nitrogen and oxygen atoms in total. The number of anilines is 1. The van der Waals surface area contributed by atoms with Gasteiger partial charge in [0.2, 0.25) is 11.8 Å². The molecule has 0 radical (unpaired) electrons. The van der Waals surface area contributed by atoms with Crippen LogP contribution in [0.5, 0.6) is 0 Å². The van der Waals surface area contributed by atoms with Crippen LogP contribution in [-0.2, 0) is 16.1 Å². The van der Waals surface area contributed by atoms with Gasteiger partial charge in [0.25, 0.3) is 0 Å². The molecule has 2 rings (SSSR count). The van der Waals surface area contributed by atoms with Gasteiger partial charge in [0, 0.05) is 16.7 Å². The standard InChI is InChI=1S/C16H15BrN2O2/c17-13-7-4-8-14(9-13)19-16(21)10-15(20)18-11-12-5-2-1-3-6-12/h1-9H,10-11H2,(H,18,20)(H,19,21). The zero-order valence-electron chi connectivity index (χ0n) is 11.3. The van der Waals surface area contributed by atoms with Crippen LogP contribution in [0.25, 0.3) is 0 Å². The number of rotatable bonds is 5.